The number of carbonyl (C=O) groups excluding carboxylic acids is 1. The van der Waals surface area contributed by atoms with Gasteiger partial charge in [-0.3, -0.25) is 4.79 Å². The molecule has 1 saturated carbocycles. The summed E-state index contributed by atoms with van der Waals surface area (Å²) in [7, 11) is 0. The van der Waals surface area contributed by atoms with Crippen LogP contribution in [0.1, 0.15) is 46.0 Å². The molecule has 0 radical (unpaired) electrons. The predicted octanol–water partition coefficient (Wildman–Crippen LogP) is 3.33. The lowest BCUT2D eigenvalue weighted by atomic mass is 10.2. The quantitative estimate of drug-likeness (QED) is 0.810. The Hall–Kier alpha value is -1.55. The number of rotatable bonds is 7. The molecule has 2 rings (SSSR count). The van der Waals surface area contributed by atoms with Crippen LogP contribution in [0, 0.1) is 0 Å². The van der Waals surface area contributed by atoms with E-state index in [0.29, 0.717) is 12.5 Å². The number of amides is 1. The maximum Gasteiger partial charge on any atom is 0.225 e. The Morgan fingerprint density at radius 2 is 2.00 bits per heavy atom. The Morgan fingerprint density at radius 1 is 1.29 bits per heavy atom. The van der Waals surface area contributed by atoms with Crippen LogP contribution < -0.4 is 15.4 Å². The molecule has 0 saturated heterocycles. The number of benzene rings is 1. The van der Waals surface area contributed by atoms with Gasteiger partial charge in [0.2, 0.25) is 5.91 Å². The summed E-state index contributed by atoms with van der Waals surface area (Å²) in [5.41, 5.74) is 0.747. The molecule has 0 unspecified atom stereocenters. The van der Waals surface area contributed by atoms with E-state index in [4.69, 9.17) is 4.74 Å². The second kappa shape index (κ2) is 8.03. The van der Waals surface area contributed by atoms with Crippen molar-refractivity contribution >= 4 is 11.6 Å². The van der Waals surface area contributed by atoms with Gasteiger partial charge in [-0.25, -0.2) is 0 Å². The molecule has 1 aromatic rings. The molecule has 0 atom stereocenters. The van der Waals surface area contributed by atoms with Crippen molar-refractivity contribution in [1.29, 1.82) is 0 Å². The van der Waals surface area contributed by atoms with Gasteiger partial charge in [-0.05, 0) is 38.8 Å². The van der Waals surface area contributed by atoms with Crippen molar-refractivity contribution in [3.8, 4) is 5.75 Å². The van der Waals surface area contributed by atoms with Crippen LogP contribution in [0.25, 0.3) is 0 Å². The summed E-state index contributed by atoms with van der Waals surface area (Å²) in [5, 5.41) is 6.39. The molecule has 1 aromatic carbocycles. The van der Waals surface area contributed by atoms with Crippen LogP contribution in [0.15, 0.2) is 24.3 Å². The number of anilines is 1. The molecule has 1 aliphatic carbocycles. The van der Waals surface area contributed by atoms with Gasteiger partial charge in [0.25, 0.3) is 0 Å². The number of hydrogen-bond acceptors (Lipinski definition) is 3. The fraction of sp³-hybridized carbons (Fsp3) is 0.588. The van der Waals surface area contributed by atoms with Crippen molar-refractivity contribution in [3.63, 3.8) is 0 Å². The summed E-state index contributed by atoms with van der Waals surface area (Å²) >= 11 is 0. The first-order valence-electron chi connectivity index (χ1n) is 7.94. The molecule has 0 aromatic heterocycles. The maximum atomic E-state index is 12.0. The van der Waals surface area contributed by atoms with E-state index < -0.39 is 0 Å². The lowest BCUT2D eigenvalue weighted by Gasteiger charge is -2.15. The van der Waals surface area contributed by atoms with Gasteiger partial charge in [0, 0.05) is 19.0 Å². The molecule has 116 valence electrons. The molecule has 1 aliphatic rings. The second-order valence-corrected chi connectivity index (χ2v) is 5.90. The van der Waals surface area contributed by atoms with Crippen molar-refractivity contribution in [2.45, 2.75) is 58.1 Å². The lowest BCUT2D eigenvalue weighted by Crippen LogP contribution is -2.29. The lowest BCUT2D eigenvalue weighted by molar-refractivity contribution is -0.116. The van der Waals surface area contributed by atoms with E-state index in [1.807, 2.05) is 38.1 Å². The van der Waals surface area contributed by atoms with E-state index in [2.05, 4.69) is 10.6 Å². The zero-order valence-electron chi connectivity index (χ0n) is 13.0. The molecule has 21 heavy (non-hydrogen) atoms. The van der Waals surface area contributed by atoms with Crippen molar-refractivity contribution in [2.75, 3.05) is 11.9 Å². The maximum absolute atomic E-state index is 12.0. The van der Waals surface area contributed by atoms with Gasteiger partial charge in [0.05, 0.1) is 11.8 Å². The fourth-order valence-corrected chi connectivity index (χ4v) is 2.66. The summed E-state index contributed by atoms with van der Waals surface area (Å²) < 4.78 is 5.70. The summed E-state index contributed by atoms with van der Waals surface area (Å²) in [6.07, 6.45) is 5.69. The Morgan fingerprint density at radius 3 is 2.71 bits per heavy atom. The van der Waals surface area contributed by atoms with Gasteiger partial charge in [0.15, 0.2) is 0 Å². The van der Waals surface area contributed by atoms with Crippen molar-refractivity contribution in [1.82, 2.24) is 5.32 Å². The molecule has 1 amide bonds. The van der Waals surface area contributed by atoms with Crippen LogP contribution in [-0.2, 0) is 4.79 Å². The third-order valence-corrected chi connectivity index (χ3v) is 3.66. The van der Waals surface area contributed by atoms with Gasteiger partial charge in [-0.2, -0.15) is 0 Å². The highest BCUT2D eigenvalue weighted by atomic mass is 16.5. The molecule has 0 aliphatic heterocycles. The first-order valence-corrected chi connectivity index (χ1v) is 7.94. The average molecular weight is 290 g/mol. The van der Waals surface area contributed by atoms with Crippen molar-refractivity contribution in [3.05, 3.63) is 24.3 Å². The minimum atomic E-state index is 0.0281. The van der Waals surface area contributed by atoms with Gasteiger partial charge in [0.1, 0.15) is 5.75 Å². The number of para-hydroxylation sites is 2. The minimum Gasteiger partial charge on any atom is -0.489 e. The normalized spacial score (nSPS) is 15.4. The number of hydrogen-bond donors (Lipinski definition) is 2. The molecular weight excluding hydrogens is 264 g/mol. The summed E-state index contributed by atoms with van der Waals surface area (Å²) in [6.45, 7) is 4.69. The summed E-state index contributed by atoms with van der Waals surface area (Å²) in [4.78, 5) is 12.0. The monoisotopic (exact) mass is 290 g/mol. The molecule has 4 heteroatoms. The molecule has 4 nitrogen and oxygen atoms in total. The third-order valence-electron chi connectivity index (χ3n) is 3.66. The average Bonchev–Trinajstić information content (AvgIpc) is 2.93. The van der Waals surface area contributed by atoms with E-state index in [-0.39, 0.29) is 12.0 Å². The topological polar surface area (TPSA) is 50.4 Å². The van der Waals surface area contributed by atoms with Gasteiger partial charge in [-0.15, -0.1) is 0 Å². The van der Waals surface area contributed by atoms with Gasteiger partial charge in [-0.1, -0.05) is 25.0 Å². The zero-order valence-corrected chi connectivity index (χ0v) is 13.0. The highest BCUT2D eigenvalue weighted by molar-refractivity contribution is 5.92. The second-order valence-electron chi connectivity index (χ2n) is 5.90. The van der Waals surface area contributed by atoms with E-state index in [1.165, 1.54) is 25.7 Å². The van der Waals surface area contributed by atoms with Crippen LogP contribution >= 0.6 is 0 Å². The molecule has 0 heterocycles. The standard InChI is InChI=1S/C17H26N2O2/c1-13(2)21-16-10-6-5-9-15(16)19-17(20)11-12-18-14-7-3-4-8-14/h5-6,9-10,13-14,18H,3-4,7-8,11-12H2,1-2H3,(H,19,20). The molecule has 2 N–H and O–H groups in total. The Balaban J connectivity index is 1.78. The van der Waals surface area contributed by atoms with E-state index in [0.717, 1.165) is 18.0 Å². The van der Waals surface area contributed by atoms with E-state index in [9.17, 15) is 4.79 Å². The Bertz CT molecular complexity index is 454. The smallest absolute Gasteiger partial charge is 0.225 e. The first-order chi connectivity index (χ1) is 10.1. The number of carbonyl (C=O) groups is 1. The molecule has 1 fully saturated rings. The summed E-state index contributed by atoms with van der Waals surface area (Å²) in [5.74, 6) is 0.755. The highest BCUT2D eigenvalue weighted by Gasteiger charge is 2.14. The molecular formula is C17H26N2O2. The van der Waals surface area contributed by atoms with Crippen molar-refractivity contribution < 1.29 is 9.53 Å². The first kappa shape index (κ1) is 15.8. The Labute approximate surface area is 127 Å². The Kier molecular flexibility index (Phi) is 6.05. The van der Waals surface area contributed by atoms with Crippen LogP contribution in [0.4, 0.5) is 5.69 Å². The zero-order chi connectivity index (χ0) is 15.1. The van der Waals surface area contributed by atoms with Crippen LogP contribution in [0.5, 0.6) is 5.75 Å². The van der Waals surface area contributed by atoms with Gasteiger partial charge >= 0.3 is 0 Å². The molecule has 0 spiro atoms. The number of nitrogens with one attached hydrogen (secondary N) is 2. The van der Waals surface area contributed by atoms with Crippen LogP contribution in [0.2, 0.25) is 0 Å². The SMILES string of the molecule is CC(C)Oc1ccccc1NC(=O)CCNC1CCCC1. The largest absolute Gasteiger partial charge is 0.489 e. The molecule has 0 bridgehead atoms. The third kappa shape index (κ3) is 5.38. The minimum absolute atomic E-state index is 0.0281. The fourth-order valence-electron chi connectivity index (χ4n) is 2.66. The van der Waals surface area contributed by atoms with Crippen LogP contribution in [0.3, 0.4) is 0 Å². The highest BCUT2D eigenvalue weighted by Crippen LogP contribution is 2.25. The van der Waals surface area contributed by atoms with Gasteiger partial charge < -0.3 is 15.4 Å². The summed E-state index contributed by atoms with van der Waals surface area (Å²) in [6, 6.07) is 8.18. The predicted molar refractivity (Wildman–Crippen MR) is 85.7 cm³/mol. The van der Waals surface area contributed by atoms with Crippen LogP contribution in [-0.4, -0.2) is 24.6 Å². The van der Waals surface area contributed by atoms with E-state index in [1.54, 1.807) is 0 Å². The van der Waals surface area contributed by atoms with E-state index >= 15 is 0 Å². The van der Waals surface area contributed by atoms with Crippen molar-refractivity contribution in [2.24, 2.45) is 0 Å². The number of ether oxygens (including phenoxy) is 1.